The molecule has 1 aromatic carbocycles. The molecule has 0 bridgehead atoms. The van der Waals surface area contributed by atoms with Gasteiger partial charge in [0.15, 0.2) is 0 Å². The number of imide groups is 1. The molecule has 1 aliphatic rings. The molecule has 2 rings (SSSR count). The summed E-state index contributed by atoms with van der Waals surface area (Å²) in [5.74, 6) is -1.66. The zero-order chi connectivity index (χ0) is 13.5. The van der Waals surface area contributed by atoms with Crippen LogP contribution in [-0.4, -0.2) is 28.6 Å². The molecule has 6 heteroatoms. The zero-order valence-electron chi connectivity index (χ0n) is 9.93. The van der Waals surface area contributed by atoms with Gasteiger partial charge in [0.2, 0.25) is 0 Å². The standard InChI is InChI=1S/C12H12N2O4/c1-12(2)10(17)14(11(18)13-12)8-6-4-3-5-7(8)9(15)16/h3-6H,1-2H3,(H,13,18)(H,15,16). The van der Waals surface area contributed by atoms with Gasteiger partial charge in [0.05, 0.1) is 11.3 Å². The third-order valence-electron chi connectivity index (χ3n) is 2.74. The molecular formula is C12H12N2O4. The second kappa shape index (κ2) is 3.83. The second-order valence-electron chi connectivity index (χ2n) is 4.52. The number of nitrogens with one attached hydrogen (secondary N) is 1. The van der Waals surface area contributed by atoms with Crippen LogP contribution in [-0.2, 0) is 4.79 Å². The SMILES string of the molecule is CC1(C)NC(=O)N(c2ccccc2C(=O)O)C1=O. The molecule has 1 fully saturated rings. The Balaban J connectivity index is 2.54. The van der Waals surface area contributed by atoms with E-state index in [9.17, 15) is 14.4 Å². The molecule has 1 aromatic rings. The number of aromatic carboxylic acids is 1. The highest BCUT2D eigenvalue weighted by molar-refractivity contribution is 6.24. The van der Waals surface area contributed by atoms with Crippen LogP contribution in [0.3, 0.4) is 0 Å². The van der Waals surface area contributed by atoms with Crippen molar-refractivity contribution in [3.05, 3.63) is 29.8 Å². The monoisotopic (exact) mass is 248 g/mol. The molecule has 0 aliphatic carbocycles. The first kappa shape index (κ1) is 12.1. The Morgan fingerprint density at radius 3 is 2.39 bits per heavy atom. The van der Waals surface area contributed by atoms with Gasteiger partial charge in [-0.3, -0.25) is 4.79 Å². The van der Waals surface area contributed by atoms with E-state index in [-0.39, 0.29) is 11.3 Å². The lowest BCUT2D eigenvalue weighted by molar-refractivity contribution is -0.121. The first-order valence-electron chi connectivity index (χ1n) is 5.33. The molecule has 3 amide bonds. The quantitative estimate of drug-likeness (QED) is 0.770. The molecule has 2 N–H and O–H groups in total. The highest BCUT2D eigenvalue weighted by Crippen LogP contribution is 2.27. The van der Waals surface area contributed by atoms with Crippen molar-refractivity contribution in [2.45, 2.75) is 19.4 Å². The average molecular weight is 248 g/mol. The van der Waals surface area contributed by atoms with Crippen LogP contribution in [0.15, 0.2) is 24.3 Å². The molecule has 1 heterocycles. The van der Waals surface area contributed by atoms with Crippen molar-refractivity contribution < 1.29 is 19.5 Å². The summed E-state index contributed by atoms with van der Waals surface area (Å²) in [5.41, 5.74) is -1.03. The second-order valence-corrected chi connectivity index (χ2v) is 4.52. The van der Waals surface area contributed by atoms with E-state index >= 15 is 0 Å². The fourth-order valence-corrected chi connectivity index (χ4v) is 1.82. The number of para-hydroxylation sites is 1. The Morgan fingerprint density at radius 1 is 1.28 bits per heavy atom. The van der Waals surface area contributed by atoms with Crippen molar-refractivity contribution in [3.63, 3.8) is 0 Å². The van der Waals surface area contributed by atoms with Crippen molar-refractivity contribution >= 4 is 23.6 Å². The Hall–Kier alpha value is -2.37. The number of anilines is 1. The molecule has 1 aliphatic heterocycles. The summed E-state index contributed by atoms with van der Waals surface area (Å²) in [4.78, 5) is 35.8. The lowest BCUT2D eigenvalue weighted by Gasteiger charge is -2.17. The number of rotatable bonds is 2. The number of benzene rings is 1. The van der Waals surface area contributed by atoms with Crippen molar-refractivity contribution in [2.24, 2.45) is 0 Å². The fraction of sp³-hybridized carbons (Fsp3) is 0.250. The van der Waals surface area contributed by atoms with Crippen LogP contribution >= 0.6 is 0 Å². The van der Waals surface area contributed by atoms with E-state index in [4.69, 9.17) is 5.11 Å². The number of carbonyl (C=O) groups excluding carboxylic acids is 2. The highest BCUT2D eigenvalue weighted by atomic mass is 16.4. The number of urea groups is 1. The van der Waals surface area contributed by atoms with Crippen LogP contribution in [0.5, 0.6) is 0 Å². The maximum Gasteiger partial charge on any atom is 0.337 e. The lowest BCUT2D eigenvalue weighted by atomic mass is 10.1. The third-order valence-corrected chi connectivity index (χ3v) is 2.74. The van der Waals surface area contributed by atoms with E-state index in [2.05, 4.69) is 5.32 Å². The van der Waals surface area contributed by atoms with Gasteiger partial charge in [0, 0.05) is 0 Å². The third kappa shape index (κ3) is 1.71. The molecule has 1 saturated heterocycles. The van der Waals surface area contributed by atoms with Crippen LogP contribution in [0.1, 0.15) is 24.2 Å². The number of carboxylic acids is 1. The topological polar surface area (TPSA) is 86.7 Å². The van der Waals surface area contributed by atoms with Gasteiger partial charge in [0.1, 0.15) is 5.54 Å². The molecular weight excluding hydrogens is 236 g/mol. The Kier molecular flexibility index (Phi) is 2.58. The summed E-state index contributed by atoms with van der Waals surface area (Å²) in [6.45, 7) is 3.13. The summed E-state index contributed by atoms with van der Waals surface area (Å²) in [5, 5.41) is 11.6. The molecule has 0 saturated carbocycles. The number of carboxylic acid groups (broad SMARTS) is 1. The van der Waals surface area contributed by atoms with Crippen molar-refractivity contribution in [2.75, 3.05) is 4.90 Å². The summed E-state index contributed by atoms with van der Waals surface area (Å²) < 4.78 is 0. The molecule has 18 heavy (non-hydrogen) atoms. The van der Waals surface area contributed by atoms with E-state index in [1.54, 1.807) is 19.9 Å². The van der Waals surface area contributed by atoms with Gasteiger partial charge in [-0.25, -0.2) is 14.5 Å². The maximum absolute atomic E-state index is 12.1. The summed E-state index contributed by atoms with van der Waals surface area (Å²) in [7, 11) is 0. The number of hydrogen-bond donors (Lipinski definition) is 2. The Labute approximate surface area is 103 Å². The molecule has 0 radical (unpaired) electrons. The highest BCUT2D eigenvalue weighted by Gasteiger charge is 2.45. The maximum atomic E-state index is 12.1. The van der Waals surface area contributed by atoms with Crippen molar-refractivity contribution in [1.29, 1.82) is 0 Å². The first-order chi connectivity index (χ1) is 8.34. The number of carbonyl (C=O) groups is 3. The summed E-state index contributed by atoms with van der Waals surface area (Å²) in [6, 6.07) is 5.29. The molecule has 94 valence electrons. The van der Waals surface area contributed by atoms with E-state index < -0.39 is 23.4 Å². The summed E-state index contributed by atoms with van der Waals surface area (Å²) in [6.07, 6.45) is 0. The molecule has 0 spiro atoms. The molecule has 0 unspecified atom stereocenters. The number of amides is 3. The van der Waals surface area contributed by atoms with Gasteiger partial charge in [-0.05, 0) is 26.0 Å². The van der Waals surface area contributed by atoms with Crippen molar-refractivity contribution in [1.82, 2.24) is 5.32 Å². The van der Waals surface area contributed by atoms with Crippen LogP contribution in [0.4, 0.5) is 10.5 Å². The Bertz CT molecular complexity index is 551. The normalized spacial score (nSPS) is 17.8. The number of hydrogen-bond acceptors (Lipinski definition) is 3. The molecule has 0 atom stereocenters. The fourth-order valence-electron chi connectivity index (χ4n) is 1.82. The van der Waals surface area contributed by atoms with Gasteiger partial charge < -0.3 is 10.4 Å². The van der Waals surface area contributed by atoms with E-state index in [1.807, 2.05) is 0 Å². The van der Waals surface area contributed by atoms with E-state index in [0.717, 1.165) is 4.90 Å². The van der Waals surface area contributed by atoms with Crippen LogP contribution in [0, 0.1) is 0 Å². The molecule has 6 nitrogen and oxygen atoms in total. The zero-order valence-corrected chi connectivity index (χ0v) is 9.93. The lowest BCUT2D eigenvalue weighted by Crippen LogP contribution is -2.40. The van der Waals surface area contributed by atoms with E-state index in [0.29, 0.717) is 0 Å². The van der Waals surface area contributed by atoms with Gasteiger partial charge in [-0.2, -0.15) is 0 Å². The predicted molar refractivity (Wildman–Crippen MR) is 63.5 cm³/mol. The van der Waals surface area contributed by atoms with Crippen LogP contribution in [0.25, 0.3) is 0 Å². The molecule has 0 aromatic heterocycles. The van der Waals surface area contributed by atoms with Crippen molar-refractivity contribution in [3.8, 4) is 0 Å². The van der Waals surface area contributed by atoms with E-state index in [1.165, 1.54) is 18.2 Å². The average Bonchev–Trinajstić information content (AvgIpc) is 2.48. The smallest absolute Gasteiger partial charge is 0.337 e. The largest absolute Gasteiger partial charge is 0.478 e. The minimum Gasteiger partial charge on any atom is -0.478 e. The Morgan fingerprint density at radius 2 is 1.89 bits per heavy atom. The number of nitrogens with zero attached hydrogens (tertiary/aromatic N) is 1. The van der Waals surface area contributed by atoms with Gasteiger partial charge >= 0.3 is 12.0 Å². The predicted octanol–water partition coefficient (Wildman–Crippen LogP) is 1.22. The first-order valence-corrected chi connectivity index (χ1v) is 5.33. The minimum absolute atomic E-state index is 0.0816. The van der Waals surface area contributed by atoms with Gasteiger partial charge in [-0.15, -0.1) is 0 Å². The van der Waals surface area contributed by atoms with Crippen LogP contribution < -0.4 is 10.2 Å². The van der Waals surface area contributed by atoms with Gasteiger partial charge in [0.25, 0.3) is 5.91 Å². The summed E-state index contributed by atoms with van der Waals surface area (Å²) >= 11 is 0. The minimum atomic E-state index is -1.18. The van der Waals surface area contributed by atoms with Crippen LogP contribution in [0.2, 0.25) is 0 Å². The van der Waals surface area contributed by atoms with Gasteiger partial charge in [-0.1, -0.05) is 12.1 Å².